The summed E-state index contributed by atoms with van der Waals surface area (Å²) >= 11 is 0. The van der Waals surface area contributed by atoms with Crippen LogP contribution in [0.3, 0.4) is 0 Å². The molecule has 4 nitrogen and oxygen atoms in total. The average Bonchev–Trinajstić information content (AvgIpc) is 2.78. The van der Waals surface area contributed by atoms with Crippen LogP contribution < -0.4 is 5.32 Å². The third kappa shape index (κ3) is 4.57. The second kappa shape index (κ2) is 9.23. The van der Waals surface area contributed by atoms with Gasteiger partial charge in [0.1, 0.15) is 0 Å². The Morgan fingerprint density at radius 2 is 1.61 bits per heavy atom. The molecular formula is C27H41N3O. The number of benzene rings is 1. The van der Waals surface area contributed by atoms with Crippen molar-refractivity contribution < 1.29 is 4.79 Å². The van der Waals surface area contributed by atoms with E-state index < -0.39 is 0 Å². The molecule has 6 rings (SSSR count). The lowest BCUT2D eigenvalue weighted by Crippen LogP contribution is -2.55. The summed E-state index contributed by atoms with van der Waals surface area (Å²) in [6, 6.07) is 11.6. The summed E-state index contributed by atoms with van der Waals surface area (Å²) in [4.78, 5) is 18.4. The minimum absolute atomic E-state index is 0.00347. The van der Waals surface area contributed by atoms with Gasteiger partial charge in [-0.05, 0) is 68.3 Å². The predicted octanol–water partition coefficient (Wildman–Crippen LogP) is 4.48. The van der Waals surface area contributed by atoms with Crippen LogP contribution in [0.1, 0.15) is 69.9 Å². The minimum atomic E-state index is -0.00347. The number of carbonyl (C=O) groups excluding carboxylic acids is 1. The second-order valence-electron chi connectivity index (χ2n) is 11.0. The summed E-state index contributed by atoms with van der Waals surface area (Å²) in [5.41, 5.74) is 1.46. The van der Waals surface area contributed by atoms with Gasteiger partial charge in [-0.3, -0.25) is 14.6 Å². The molecule has 1 aromatic rings. The molecule has 31 heavy (non-hydrogen) atoms. The summed E-state index contributed by atoms with van der Waals surface area (Å²) in [6.07, 6.45) is 10.2. The Kier molecular flexibility index (Phi) is 6.39. The van der Waals surface area contributed by atoms with Crippen molar-refractivity contribution in [1.29, 1.82) is 0 Å². The van der Waals surface area contributed by atoms with Gasteiger partial charge in [0.05, 0.1) is 0 Å². The van der Waals surface area contributed by atoms with Crippen LogP contribution in [0.2, 0.25) is 0 Å². The average molecular weight is 424 g/mol. The molecule has 0 spiro atoms. The minimum Gasteiger partial charge on any atom is -0.354 e. The first-order chi connectivity index (χ1) is 15.1. The van der Waals surface area contributed by atoms with E-state index in [9.17, 15) is 4.79 Å². The van der Waals surface area contributed by atoms with Crippen LogP contribution in [-0.4, -0.2) is 55.0 Å². The molecule has 170 valence electrons. The molecule has 1 aliphatic heterocycles. The van der Waals surface area contributed by atoms with E-state index >= 15 is 0 Å². The van der Waals surface area contributed by atoms with Gasteiger partial charge in [-0.2, -0.15) is 0 Å². The third-order valence-electron chi connectivity index (χ3n) is 8.83. The molecule has 4 saturated carbocycles. The van der Waals surface area contributed by atoms with Gasteiger partial charge < -0.3 is 5.32 Å². The van der Waals surface area contributed by atoms with Crippen LogP contribution in [0.15, 0.2) is 30.3 Å². The highest BCUT2D eigenvalue weighted by atomic mass is 16.2. The molecule has 1 saturated heterocycles. The maximum atomic E-state index is 13.2. The SMILES string of the molecule is CCCC(c1ccccc1)N1CCN(CCNC(=O)C23CC4CC(CC(C4)C2)C3)CC1. The maximum absolute atomic E-state index is 13.2. The van der Waals surface area contributed by atoms with Crippen LogP contribution >= 0.6 is 0 Å². The van der Waals surface area contributed by atoms with E-state index in [-0.39, 0.29) is 5.41 Å². The fourth-order valence-corrected chi connectivity index (χ4v) is 7.71. The monoisotopic (exact) mass is 423 g/mol. The summed E-state index contributed by atoms with van der Waals surface area (Å²) in [7, 11) is 0. The molecule has 0 aromatic heterocycles. The molecule has 5 fully saturated rings. The van der Waals surface area contributed by atoms with Gasteiger partial charge in [-0.25, -0.2) is 0 Å². The number of hydrogen-bond donors (Lipinski definition) is 1. The highest BCUT2D eigenvalue weighted by Crippen LogP contribution is 2.60. The zero-order chi connectivity index (χ0) is 21.3. The summed E-state index contributed by atoms with van der Waals surface area (Å²) < 4.78 is 0. The lowest BCUT2D eigenvalue weighted by Gasteiger charge is -2.55. The topological polar surface area (TPSA) is 35.6 Å². The van der Waals surface area contributed by atoms with Crippen LogP contribution in [0.4, 0.5) is 0 Å². The van der Waals surface area contributed by atoms with Crippen molar-refractivity contribution >= 4 is 5.91 Å². The third-order valence-corrected chi connectivity index (χ3v) is 8.83. The number of piperazine rings is 1. The highest BCUT2D eigenvalue weighted by molar-refractivity contribution is 5.83. The smallest absolute Gasteiger partial charge is 0.226 e. The molecule has 5 aliphatic rings. The predicted molar refractivity (Wildman–Crippen MR) is 126 cm³/mol. The number of hydrogen-bond acceptors (Lipinski definition) is 3. The first-order valence-electron chi connectivity index (χ1n) is 12.9. The first-order valence-corrected chi connectivity index (χ1v) is 12.9. The van der Waals surface area contributed by atoms with E-state index in [1.165, 1.54) is 56.9 Å². The van der Waals surface area contributed by atoms with Gasteiger partial charge in [0.25, 0.3) is 0 Å². The van der Waals surface area contributed by atoms with Gasteiger partial charge >= 0.3 is 0 Å². The summed E-state index contributed by atoms with van der Waals surface area (Å²) in [5.74, 6) is 2.90. The molecule has 1 heterocycles. The van der Waals surface area contributed by atoms with E-state index in [0.29, 0.717) is 11.9 Å². The van der Waals surface area contributed by atoms with Gasteiger partial charge in [0, 0.05) is 50.7 Å². The fourth-order valence-electron chi connectivity index (χ4n) is 7.71. The highest BCUT2D eigenvalue weighted by Gasteiger charge is 2.54. The largest absolute Gasteiger partial charge is 0.354 e. The normalized spacial score (nSPS) is 34.0. The maximum Gasteiger partial charge on any atom is 0.226 e. The Labute approximate surface area is 188 Å². The van der Waals surface area contributed by atoms with Crippen LogP contribution in [0.25, 0.3) is 0 Å². The molecule has 1 amide bonds. The van der Waals surface area contributed by atoms with E-state index in [1.807, 2.05) is 0 Å². The molecule has 1 atom stereocenters. The van der Waals surface area contributed by atoms with Crippen molar-refractivity contribution in [2.75, 3.05) is 39.3 Å². The van der Waals surface area contributed by atoms with Crippen LogP contribution in [-0.2, 0) is 4.79 Å². The molecular weight excluding hydrogens is 382 g/mol. The number of carbonyl (C=O) groups is 1. The van der Waals surface area contributed by atoms with Crippen molar-refractivity contribution in [2.24, 2.45) is 23.2 Å². The number of amides is 1. The Bertz CT molecular complexity index is 705. The Hall–Kier alpha value is -1.39. The van der Waals surface area contributed by atoms with Crippen molar-refractivity contribution in [3.05, 3.63) is 35.9 Å². The molecule has 1 aromatic carbocycles. The number of rotatable bonds is 8. The lowest BCUT2D eigenvalue weighted by atomic mass is 9.49. The summed E-state index contributed by atoms with van der Waals surface area (Å²) in [5, 5.41) is 3.37. The lowest BCUT2D eigenvalue weighted by molar-refractivity contribution is -0.146. The molecule has 1 unspecified atom stereocenters. The van der Waals surface area contributed by atoms with Gasteiger partial charge in [0.2, 0.25) is 5.91 Å². The van der Waals surface area contributed by atoms with Crippen molar-refractivity contribution in [2.45, 2.75) is 64.3 Å². The Morgan fingerprint density at radius 1 is 1.00 bits per heavy atom. The second-order valence-corrected chi connectivity index (χ2v) is 11.0. The van der Waals surface area contributed by atoms with Gasteiger partial charge in [-0.15, -0.1) is 0 Å². The standard InChI is InChI=1S/C27H41N3O/c1-2-6-25(24-7-4-3-5-8-24)30-13-11-29(12-14-30)10-9-28-26(31)27-18-21-15-22(19-27)17-23(16-21)20-27/h3-5,7-8,21-23,25H,2,6,9-20H2,1H3,(H,28,31). The summed E-state index contributed by atoms with van der Waals surface area (Å²) in [6.45, 7) is 8.58. The van der Waals surface area contributed by atoms with Crippen LogP contribution in [0, 0.1) is 23.2 Å². The van der Waals surface area contributed by atoms with E-state index in [2.05, 4.69) is 52.4 Å². The van der Waals surface area contributed by atoms with Gasteiger partial charge in [-0.1, -0.05) is 43.7 Å². The van der Waals surface area contributed by atoms with Crippen molar-refractivity contribution in [3.63, 3.8) is 0 Å². The van der Waals surface area contributed by atoms with E-state index in [0.717, 1.165) is 57.0 Å². The molecule has 4 aliphatic carbocycles. The molecule has 4 heteroatoms. The van der Waals surface area contributed by atoms with Crippen molar-refractivity contribution in [3.8, 4) is 0 Å². The Balaban J connectivity index is 1.08. The zero-order valence-corrected chi connectivity index (χ0v) is 19.4. The van der Waals surface area contributed by atoms with Crippen LogP contribution in [0.5, 0.6) is 0 Å². The molecule has 1 N–H and O–H groups in total. The quantitative estimate of drug-likeness (QED) is 0.670. The van der Waals surface area contributed by atoms with Crippen molar-refractivity contribution in [1.82, 2.24) is 15.1 Å². The number of nitrogens with one attached hydrogen (secondary N) is 1. The zero-order valence-electron chi connectivity index (χ0n) is 19.4. The van der Waals surface area contributed by atoms with E-state index in [4.69, 9.17) is 0 Å². The number of nitrogens with zero attached hydrogens (tertiary/aromatic N) is 2. The Morgan fingerprint density at radius 3 is 2.19 bits per heavy atom. The van der Waals surface area contributed by atoms with Gasteiger partial charge in [0.15, 0.2) is 0 Å². The fraction of sp³-hybridized carbons (Fsp3) is 0.741. The molecule has 4 bridgehead atoms. The first kappa shape index (κ1) is 21.5. The van der Waals surface area contributed by atoms with E-state index in [1.54, 1.807) is 0 Å². The molecule has 0 radical (unpaired) electrons.